The highest BCUT2D eigenvalue weighted by Gasteiger charge is 2.24. The van der Waals surface area contributed by atoms with Gasteiger partial charge in [-0.25, -0.2) is 17.6 Å². The summed E-state index contributed by atoms with van der Waals surface area (Å²) >= 11 is 0. The molecule has 0 radical (unpaired) electrons. The Kier molecular flexibility index (Phi) is 3.49. The fourth-order valence-electron chi connectivity index (χ4n) is 1.60. The molecular formula is C12H10FNO5S. The Hall–Kier alpha value is -2.35. The third-order valence-corrected chi connectivity index (χ3v) is 3.94. The molecule has 2 rings (SSSR count). The Morgan fingerprint density at radius 2 is 2.05 bits per heavy atom. The molecule has 0 amide bonds. The van der Waals surface area contributed by atoms with Crippen LogP contribution >= 0.6 is 0 Å². The van der Waals surface area contributed by atoms with Gasteiger partial charge in [-0.2, -0.15) is 0 Å². The van der Waals surface area contributed by atoms with Crippen LogP contribution in [0.3, 0.4) is 0 Å². The third-order valence-electron chi connectivity index (χ3n) is 2.45. The molecule has 1 aromatic heterocycles. The topological polar surface area (TPSA) is 96.6 Å². The van der Waals surface area contributed by atoms with Crippen LogP contribution in [0, 0.1) is 12.7 Å². The van der Waals surface area contributed by atoms with Crippen molar-refractivity contribution in [1.29, 1.82) is 0 Å². The molecule has 1 heterocycles. The summed E-state index contributed by atoms with van der Waals surface area (Å²) < 4.78 is 44.1. The Bertz CT molecular complexity index is 766. The number of anilines is 1. The van der Waals surface area contributed by atoms with Crippen molar-refractivity contribution in [2.75, 3.05) is 4.72 Å². The fourth-order valence-corrected chi connectivity index (χ4v) is 2.83. The van der Waals surface area contributed by atoms with Crippen molar-refractivity contribution < 1.29 is 27.1 Å². The number of hydrogen-bond acceptors (Lipinski definition) is 4. The summed E-state index contributed by atoms with van der Waals surface area (Å²) in [6.07, 6.45) is 0. The molecular weight excluding hydrogens is 289 g/mol. The maximum atomic E-state index is 13.0. The van der Waals surface area contributed by atoms with Gasteiger partial charge in [0, 0.05) is 6.07 Å². The second-order valence-electron chi connectivity index (χ2n) is 3.95. The lowest BCUT2D eigenvalue weighted by Gasteiger charge is -2.06. The number of halogens is 1. The van der Waals surface area contributed by atoms with Crippen LogP contribution < -0.4 is 4.72 Å². The maximum absolute atomic E-state index is 13.0. The zero-order valence-electron chi connectivity index (χ0n) is 10.3. The summed E-state index contributed by atoms with van der Waals surface area (Å²) in [4.78, 5) is 10.4. The summed E-state index contributed by atoms with van der Waals surface area (Å²) in [5.41, 5.74) is 0.0301. The van der Waals surface area contributed by atoms with Gasteiger partial charge >= 0.3 is 5.97 Å². The first kappa shape index (κ1) is 14.1. The van der Waals surface area contributed by atoms with Gasteiger partial charge in [-0.3, -0.25) is 4.72 Å². The molecule has 0 saturated heterocycles. The van der Waals surface area contributed by atoms with Crippen molar-refractivity contribution in [2.24, 2.45) is 0 Å². The second-order valence-corrected chi connectivity index (χ2v) is 5.60. The number of hydrogen-bond donors (Lipinski definition) is 2. The first-order chi connectivity index (χ1) is 9.29. The third kappa shape index (κ3) is 2.80. The Morgan fingerprint density at radius 3 is 2.60 bits per heavy atom. The van der Waals surface area contributed by atoms with Crippen molar-refractivity contribution in [1.82, 2.24) is 0 Å². The number of sulfonamides is 1. The average molecular weight is 299 g/mol. The van der Waals surface area contributed by atoms with Gasteiger partial charge in [-0.05, 0) is 25.1 Å². The van der Waals surface area contributed by atoms with Gasteiger partial charge in [0.05, 0.1) is 5.69 Å². The fraction of sp³-hybridized carbons (Fsp3) is 0.0833. The van der Waals surface area contributed by atoms with Crippen LogP contribution in [-0.4, -0.2) is 19.5 Å². The molecule has 20 heavy (non-hydrogen) atoms. The molecule has 106 valence electrons. The van der Waals surface area contributed by atoms with E-state index in [1.54, 1.807) is 0 Å². The molecule has 0 aliphatic heterocycles. The van der Waals surface area contributed by atoms with Gasteiger partial charge in [0.2, 0.25) is 5.76 Å². The summed E-state index contributed by atoms with van der Waals surface area (Å²) in [5, 5.41) is 8.76. The predicted molar refractivity (Wildman–Crippen MR) is 67.6 cm³/mol. The number of aryl methyl sites for hydroxylation is 1. The van der Waals surface area contributed by atoms with E-state index in [9.17, 15) is 17.6 Å². The first-order valence-electron chi connectivity index (χ1n) is 5.42. The van der Waals surface area contributed by atoms with Crippen LogP contribution in [0.5, 0.6) is 0 Å². The number of rotatable bonds is 4. The Morgan fingerprint density at radius 1 is 1.35 bits per heavy atom. The lowest BCUT2D eigenvalue weighted by Crippen LogP contribution is -2.13. The predicted octanol–water partition coefficient (Wildman–Crippen LogP) is 2.23. The number of carbonyl (C=O) groups is 1. The van der Waals surface area contributed by atoms with Gasteiger partial charge < -0.3 is 9.52 Å². The monoisotopic (exact) mass is 299 g/mol. The van der Waals surface area contributed by atoms with Crippen molar-refractivity contribution in [3.05, 3.63) is 47.7 Å². The van der Waals surface area contributed by atoms with Gasteiger partial charge in [-0.1, -0.05) is 6.07 Å². The zero-order valence-corrected chi connectivity index (χ0v) is 11.1. The summed E-state index contributed by atoms with van der Waals surface area (Å²) in [6, 6.07) is 5.79. The Balaban J connectivity index is 2.38. The minimum Gasteiger partial charge on any atom is -0.475 e. The minimum absolute atomic E-state index is 0.0301. The number of benzene rings is 1. The maximum Gasteiger partial charge on any atom is 0.371 e. The number of furan rings is 1. The molecule has 0 aliphatic rings. The Labute approximate surface area is 113 Å². The highest BCUT2D eigenvalue weighted by molar-refractivity contribution is 7.92. The van der Waals surface area contributed by atoms with Crippen molar-refractivity contribution in [3.8, 4) is 0 Å². The van der Waals surface area contributed by atoms with E-state index >= 15 is 0 Å². The second kappa shape index (κ2) is 4.97. The van der Waals surface area contributed by atoms with E-state index in [-0.39, 0.29) is 16.3 Å². The van der Waals surface area contributed by atoms with Crippen LogP contribution in [0.1, 0.15) is 16.3 Å². The largest absolute Gasteiger partial charge is 0.475 e. The molecule has 0 saturated carbocycles. The molecule has 0 atom stereocenters. The van der Waals surface area contributed by atoms with Gasteiger partial charge in [0.25, 0.3) is 10.0 Å². The standard InChI is InChI=1S/C12H10FNO5S/c1-7-11(6-10(19-7)12(15)16)20(17,18)14-9-4-2-3-8(13)5-9/h2-6,14H,1H3,(H,15,16). The van der Waals surface area contributed by atoms with Crippen molar-refractivity contribution in [3.63, 3.8) is 0 Å². The smallest absolute Gasteiger partial charge is 0.371 e. The molecule has 2 N–H and O–H groups in total. The quantitative estimate of drug-likeness (QED) is 0.902. The van der Waals surface area contributed by atoms with Crippen molar-refractivity contribution >= 4 is 21.7 Å². The number of carboxylic acids is 1. The molecule has 0 fully saturated rings. The first-order valence-corrected chi connectivity index (χ1v) is 6.90. The summed E-state index contributed by atoms with van der Waals surface area (Å²) in [6.45, 7) is 1.33. The van der Waals surface area contributed by atoms with Gasteiger partial charge in [-0.15, -0.1) is 0 Å². The van der Waals surface area contributed by atoms with Crippen molar-refractivity contribution in [2.45, 2.75) is 11.8 Å². The van der Waals surface area contributed by atoms with E-state index in [0.29, 0.717) is 0 Å². The van der Waals surface area contributed by atoms with E-state index in [2.05, 4.69) is 4.72 Å². The molecule has 6 nitrogen and oxygen atoms in total. The normalized spacial score (nSPS) is 11.3. The highest BCUT2D eigenvalue weighted by atomic mass is 32.2. The van der Waals surface area contributed by atoms with E-state index < -0.39 is 27.6 Å². The van der Waals surface area contributed by atoms with Crippen LogP contribution in [0.25, 0.3) is 0 Å². The van der Waals surface area contributed by atoms with Gasteiger partial charge in [0.1, 0.15) is 16.5 Å². The highest BCUT2D eigenvalue weighted by Crippen LogP contribution is 2.23. The van der Waals surface area contributed by atoms with E-state index in [0.717, 1.165) is 12.1 Å². The molecule has 8 heteroatoms. The lowest BCUT2D eigenvalue weighted by molar-refractivity contribution is 0.0661. The zero-order chi connectivity index (χ0) is 14.9. The number of carboxylic acid groups (broad SMARTS) is 1. The lowest BCUT2D eigenvalue weighted by atomic mass is 10.3. The van der Waals surface area contributed by atoms with Crippen LogP contribution in [0.2, 0.25) is 0 Å². The minimum atomic E-state index is -4.05. The molecule has 0 unspecified atom stereocenters. The van der Waals surface area contributed by atoms with E-state index in [1.165, 1.54) is 25.1 Å². The van der Waals surface area contributed by atoms with Crippen LogP contribution in [0.4, 0.5) is 10.1 Å². The van der Waals surface area contributed by atoms with Crippen LogP contribution in [0.15, 0.2) is 39.6 Å². The summed E-state index contributed by atoms with van der Waals surface area (Å²) in [5.74, 6) is -2.52. The molecule has 2 aromatic rings. The van der Waals surface area contributed by atoms with E-state index in [1.807, 2.05) is 0 Å². The van der Waals surface area contributed by atoms with Gasteiger partial charge in [0.15, 0.2) is 0 Å². The average Bonchev–Trinajstić information content (AvgIpc) is 2.71. The number of nitrogens with one attached hydrogen (secondary N) is 1. The van der Waals surface area contributed by atoms with E-state index in [4.69, 9.17) is 9.52 Å². The molecule has 0 aliphatic carbocycles. The summed E-state index contributed by atoms with van der Waals surface area (Å²) in [7, 11) is -4.05. The van der Waals surface area contributed by atoms with Crippen LogP contribution in [-0.2, 0) is 10.0 Å². The molecule has 1 aromatic carbocycles. The molecule has 0 spiro atoms. The molecule has 0 bridgehead atoms. The number of aromatic carboxylic acids is 1. The SMILES string of the molecule is Cc1oc(C(=O)O)cc1S(=O)(=O)Nc1cccc(F)c1.